The Balaban J connectivity index is 0.000000205. The molecule has 0 saturated carbocycles. The Hall–Kier alpha value is -3.57. The number of aromatic nitrogens is 4. The number of benzene rings is 4. The van der Waals surface area contributed by atoms with Gasteiger partial charge in [0.25, 0.3) is 11.1 Å². The van der Waals surface area contributed by atoms with E-state index in [0.717, 1.165) is 19.3 Å². The molecule has 7 rings (SSSR count). The van der Waals surface area contributed by atoms with Crippen LogP contribution in [-0.2, 0) is 0 Å². The number of carbonyl (C=O) groups is 2. The maximum absolute atomic E-state index is 13.2. The standard InChI is InChI=1S/C22H21Cl3N4O.C17H10Cl4N2O/c1-14-20(22(30)27-28-11-3-2-4-12-28)26-29(19-10-9-17(24)13-18(19)25)21(14)15-5-7-16(23)8-6-15;1-9-15(17(21)24)22-23(14-7-6-12(19)8-13(14)20)16(9)10-2-4-11(18)5-3-10/h5-10,13H,2-4,11-12H2,1H3,(H,27,30);2-8H,1H3/i2*1D3. The van der Waals surface area contributed by atoms with Gasteiger partial charge in [-0.1, -0.05) is 100 Å². The molecule has 6 aromatic rings. The maximum atomic E-state index is 13.2. The summed E-state index contributed by atoms with van der Waals surface area (Å²) in [5, 5.41) is 11.7. The van der Waals surface area contributed by atoms with Crippen LogP contribution in [0.15, 0.2) is 84.9 Å². The second-order valence-electron chi connectivity index (χ2n) is 11.9. The Kier molecular flexibility index (Phi) is 10.6. The van der Waals surface area contributed by atoms with Crippen molar-refractivity contribution >= 4 is 92.4 Å². The van der Waals surface area contributed by atoms with E-state index in [9.17, 15) is 9.59 Å². The molecule has 15 heteroatoms. The molecule has 0 spiro atoms. The highest BCUT2D eigenvalue weighted by atomic mass is 35.5. The summed E-state index contributed by atoms with van der Waals surface area (Å²) in [6.07, 6.45) is 3.01. The molecule has 278 valence electrons. The lowest BCUT2D eigenvalue weighted by atomic mass is 10.1. The van der Waals surface area contributed by atoms with Crippen LogP contribution in [0, 0.1) is 13.7 Å². The number of rotatable bonds is 7. The van der Waals surface area contributed by atoms with Crippen LogP contribution < -0.4 is 5.43 Å². The summed E-state index contributed by atoms with van der Waals surface area (Å²) >= 11 is 42.3. The molecule has 8 nitrogen and oxygen atoms in total. The van der Waals surface area contributed by atoms with Crippen LogP contribution in [0.25, 0.3) is 33.9 Å². The van der Waals surface area contributed by atoms with Crippen LogP contribution in [0.4, 0.5) is 0 Å². The first-order chi connectivity index (χ1) is 28.2. The van der Waals surface area contributed by atoms with Gasteiger partial charge >= 0.3 is 0 Å². The summed E-state index contributed by atoms with van der Waals surface area (Å²) in [4.78, 5) is 25.1. The summed E-state index contributed by atoms with van der Waals surface area (Å²) in [6, 6.07) is 22.5. The van der Waals surface area contributed by atoms with E-state index in [0.29, 0.717) is 55.7 Å². The van der Waals surface area contributed by atoms with Gasteiger partial charge in [-0.05, 0) is 98.8 Å². The first-order valence-corrected chi connectivity index (χ1v) is 18.8. The Bertz CT molecular complexity index is 2560. The molecule has 3 heterocycles. The zero-order valence-corrected chi connectivity index (χ0v) is 33.1. The maximum Gasteiger partial charge on any atom is 0.286 e. The zero-order valence-electron chi connectivity index (χ0n) is 33.8. The Morgan fingerprint density at radius 2 is 1.04 bits per heavy atom. The van der Waals surface area contributed by atoms with Crippen molar-refractivity contribution < 1.29 is 17.8 Å². The smallest absolute Gasteiger partial charge is 0.283 e. The number of carbonyl (C=O) groups excluding carboxylic acids is 2. The van der Waals surface area contributed by atoms with Crippen molar-refractivity contribution in [2.45, 2.75) is 33.0 Å². The molecular weight excluding hydrogens is 833 g/mol. The highest BCUT2D eigenvalue weighted by molar-refractivity contribution is 6.67. The van der Waals surface area contributed by atoms with Gasteiger partial charge in [-0.3, -0.25) is 15.0 Å². The van der Waals surface area contributed by atoms with Gasteiger partial charge in [0.1, 0.15) is 5.69 Å². The van der Waals surface area contributed by atoms with Crippen molar-refractivity contribution in [3.8, 4) is 33.9 Å². The van der Waals surface area contributed by atoms with Crippen molar-refractivity contribution in [3.05, 3.63) is 138 Å². The van der Waals surface area contributed by atoms with Gasteiger partial charge in [-0.15, -0.1) is 0 Å². The lowest BCUT2D eigenvalue weighted by Crippen LogP contribution is -2.45. The fourth-order valence-electron chi connectivity index (χ4n) is 5.74. The molecule has 0 radical (unpaired) electrons. The van der Waals surface area contributed by atoms with Crippen molar-refractivity contribution in [2.24, 2.45) is 0 Å². The molecule has 4 aromatic carbocycles. The quantitative estimate of drug-likeness (QED) is 0.162. The van der Waals surface area contributed by atoms with E-state index in [-0.39, 0.29) is 43.9 Å². The monoisotopic (exact) mass is 866 g/mol. The number of nitrogens with one attached hydrogen (secondary N) is 1. The van der Waals surface area contributed by atoms with Gasteiger partial charge in [0.2, 0.25) is 0 Å². The number of amides is 1. The van der Waals surface area contributed by atoms with E-state index in [4.69, 9.17) is 89.4 Å². The fourth-order valence-corrected chi connectivity index (χ4v) is 7.10. The molecule has 0 bridgehead atoms. The number of halogens is 7. The molecule has 0 atom stereocenters. The number of hydrazine groups is 1. The van der Waals surface area contributed by atoms with Gasteiger partial charge in [-0.25, -0.2) is 14.4 Å². The summed E-state index contributed by atoms with van der Waals surface area (Å²) < 4.78 is 51.0. The molecule has 1 fully saturated rings. The summed E-state index contributed by atoms with van der Waals surface area (Å²) in [7, 11) is 0. The number of piperidine rings is 1. The first kappa shape index (κ1) is 32.7. The van der Waals surface area contributed by atoms with E-state index < -0.39 is 24.9 Å². The molecule has 1 aliphatic heterocycles. The SMILES string of the molecule is [2H]C([2H])([2H])c1c(C(=O)Cl)nn(-c2ccc(Cl)cc2Cl)c1-c1ccc(Cl)cc1.[2H]C([2H])([2H])c1c(C(=O)NN2CCCCC2)nn(-c2ccc(Cl)cc2Cl)c1-c1ccc(Cl)cc1. The topological polar surface area (TPSA) is 85.1 Å². The third-order valence-electron chi connectivity index (χ3n) is 8.30. The van der Waals surface area contributed by atoms with Crippen molar-refractivity contribution in [3.63, 3.8) is 0 Å². The van der Waals surface area contributed by atoms with Gasteiger partial charge in [0, 0.05) is 63.7 Å². The molecule has 1 aliphatic rings. The Morgan fingerprint density at radius 1 is 0.611 bits per heavy atom. The Morgan fingerprint density at radius 3 is 1.46 bits per heavy atom. The minimum Gasteiger partial charge on any atom is -0.283 e. The lowest BCUT2D eigenvalue weighted by molar-refractivity contribution is 0.0743. The van der Waals surface area contributed by atoms with Crippen molar-refractivity contribution in [2.75, 3.05) is 13.1 Å². The van der Waals surface area contributed by atoms with Crippen LogP contribution in [0.2, 0.25) is 30.1 Å². The van der Waals surface area contributed by atoms with E-state index >= 15 is 0 Å². The van der Waals surface area contributed by atoms with Crippen LogP contribution in [0.1, 0.15) is 59.6 Å². The minimum atomic E-state index is -2.65. The fraction of sp³-hybridized carbons (Fsp3) is 0.179. The number of nitrogens with zero attached hydrogens (tertiary/aromatic N) is 5. The summed E-state index contributed by atoms with van der Waals surface area (Å²) in [5.74, 6) is -0.581. The highest BCUT2D eigenvalue weighted by Gasteiger charge is 2.25. The number of hydrogen-bond donors (Lipinski definition) is 1. The molecule has 0 aliphatic carbocycles. The normalized spacial score (nSPS) is 15.1. The highest BCUT2D eigenvalue weighted by Crippen LogP contribution is 2.35. The molecule has 2 aromatic heterocycles. The number of hydrogen-bond acceptors (Lipinski definition) is 5. The van der Waals surface area contributed by atoms with E-state index in [1.807, 2.05) is 0 Å². The van der Waals surface area contributed by atoms with Crippen LogP contribution in [0.3, 0.4) is 0 Å². The Labute approximate surface area is 355 Å². The molecule has 1 saturated heterocycles. The zero-order chi connectivity index (χ0) is 43.7. The van der Waals surface area contributed by atoms with Crippen LogP contribution >= 0.6 is 81.2 Å². The predicted octanol–water partition coefficient (Wildman–Crippen LogP) is 12.1. The van der Waals surface area contributed by atoms with Gasteiger partial charge < -0.3 is 0 Å². The van der Waals surface area contributed by atoms with Crippen molar-refractivity contribution in [1.29, 1.82) is 0 Å². The van der Waals surface area contributed by atoms with E-state index in [2.05, 4.69) is 15.6 Å². The van der Waals surface area contributed by atoms with E-state index in [1.165, 1.54) is 21.5 Å². The van der Waals surface area contributed by atoms with Crippen LogP contribution in [0.5, 0.6) is 0 Å². The molecule has 0 unspecified atom stereocenters. The second-order valence-corrected chi connectivity index (χ2v) is 14.8. The minimum absolute atomic E-state index is 0.162. The van der Waals surface area contributed by atoms with Gasteiger partial charge in [0.05, 0.1) is 32.8 Å². The predicted molar refractivity (Wildman–Crippen MR) is 221 cm³/mol. The molecule has 1 amide bonds. The van der Waals surface area contributed by atoms with E-state index in [1.54, 1.807) is 77.8 Å². The van der Waals surface area contributed by atoms with Crippen LogP contribution in [-0.4, -0.2) is 48.8 Å². The average molecular weight is 870 g/mol. The first-order valence-electron chi connectivity index (χ1n) is 19.2. The largest absolute Gasteiger partial charge is 0.286 e. The molecule has 54 heavy (non-hydrogen) atoms. The third kappa shape index (κ3) is 8.93. The molecule has 1 N–H and O–H groups in total. The van der Waals surface area contributed by atoms with Crippen molar-refractivity contribution in [1.82, 2.24) is 30.0 Å². The second kappa shape index (κ2) is 17.5. The lowest BCUT2D eigenvalue weighted by Gasteiger charge is -2.26. The average Bonchev–Trinajstić information content (AvgIpc) is 3.78. The molecular formula is C39H31Cl7N6O2. The van der Waals surface area contributed by atoms with Gasteiger partial charge in [0.15, 0.2) is 5.69 Å². The summed E-state index contributed by atoms with van der Waals surface area (Å²) in [6.45, 7) is -3.88. The third-order valence-corrected chi connectivity index (χ3v) is 10.1. The van der Waals surface area contributed by atoms with Gasteiger partial charge in [-0.2, -0.15) is 10.2 Å². The summed E-state index contributed by atoms with van der Waals surface area (Å²) in [5.41, 5.74) is 3.99.